The predicted molar refractivity (Wildman–Crippen MR) is 149 cm³/mol. The van der Waals surface area contributed by atoms with Crippen LogP contribution in [-0.2, 0) is 4.79 Å². The van der Waals surface area contributed by atoms with Gasteiger partial charge in [0.05, 0.1) is 25.3 Å². The molecule has 5 rings (SSSR count). The standard InChI is InChI=1S/C19H28FN5O.C8H6O.C2H6/c1-4-6-15-17(22-23-18(15)25-11-14(20)12-25)19(26)24-9-7-16(13(3)10-24)21-8-5-2;1-2-4-8-7(3-1)5-6-9-8;1-2/h5,8,14-15,21H,4,6-7,9-12H2,1-3H3;1-6H;1-2H3/b8-5-;;. The highest BCUT2D eigenvalue weighted by Crippen LogP contribution is 2.26. The summed E-state index contributed by atoms with van der Waals surface area (Å²) < 4.78 is 18.3. The lowest BCUT2D eigenvalue weighted by atomic mass is 9.93. The Morgan fingerprint density at radius 3 is 2.62 bits per heavy atom. The number of halogens is 1. The molecule has 1 unspecified atom stereocenters. The van der Waals surface area contributed by atoms with E-state index in [4.69, 9.17) is 4.42 Å². The number of amides is 1. The highest BCUT2D eigenvalue weighted by molar-refractivity contribution is 6.44. The summed E-state index contributed by atoms with van der Waals surface area (Å²) in [6.45, 7) is 12.1. The van der Waals surface area contributed by atoms with Gasteiger partial charge in [0, 0.05) is 30.6 Å². The third kappa shape index (κ3) is 6.87. The van der Waals surface area contributed by atoms with E-state index in [0.717, 1.165) is 41.6 Å². The Hall–Kier alpha value is -3.42. The van der Waals surface area contributed by atoms with Gasteiger partial charge in [-0.25, -0.2) is 4.39 Å². The van der Waals surface area contributed by atoms with Gasteiger partial charge in [-0.15, -0.1) is 10.2 Å². The second-order valence-electron chi connectivity index (χ2n) is 9.13. The predicted octanol–water partition coefficient (Wildman–Crippen LogP) is 5.91. The number of allylic oxidation sites excluding steroid dienone is 1. The van der Waals surface area contributed by atoms with E-state index in [1.54, 1.807) is 6.26 Å². The number of hydrogen-bond acceptors (Lipinski definition) is 6. The third-order valence-electron chi connectivity index (χ3n) is 6.51. The average molecular weight is 510 g/mol. The van der Waals surface area contributed by atoms with Crippen LogP contribution in [0.25, 0.3) is 11.0 Å². The number of likely N-dealkylation sites (tertiary alicyclic amines) is 1. The molecule has 0 bridgehead atoms. The number of carbonyl (C=O) groups excluding carboxylic acids is 1. The largest absolute Gasteiger partial charge is 0.464 e. The lowest BCUT2D eigenvalue weighted by molar-refractivity contribution is -0.124. The molecule has 4 heterocycles. The summed E-state index contributed by atoms with van der Waals surface area (Å²) in [5.74, 6) is 0.625. The Morgan fingerprint density at radius 2 is 1.97 bits per heavy atom. The number of alkyl halides is 1. The van der Waals surface area contributed by atoms with Gasteiger partial charge in [-0.1, -0.05) is 51.5 Å². The molecular formula is C29H40FN5O2. The van der Waals surface area contributed by atoms with Crippen molar-refractivity contribution >= 4 is 28.4 Å². The van der Waals surface area contributed by atoms with Gasteiger partial charge in [-0.3, -0.25) is 4.79 Å². The average Bonchev–Trinajstić information content (AvgIpc) is 3.55. The molecule has 0 saturated carbocycles. The van der Waals surface area contributed by atoms with Gasteiger partial charge < -0.3 is 19.5 Å². The van der Waals surface area contributed by atoms with Gasteiger partial charge in [-0.2, -0.15) is 0 Å². The zero-order valence-electron chi connectivity index (χ0n) is 22.7. The number of hydrogen-bond donors (Lipinski definition) is 1. The lowest BCUT2D eigenvalue weighted by Gasteiger charge is -2.38. The zero-order valence-corrected chi connectivity index (χ0v) is 22.7. The summed E-state index contributed by atoms with van der Waals surface area (Å²) in [5, 5.41) is 12.9. The van der Waals surface area contributed by atoms with Crippen molar-refractivity contribution in [3.05, 3.63) is 60.1 Å². The van der Waals surface area contributed by atoms with Crippen LogP contribution in [0.5, 0.6) is 0 Å². The van der Waals surface area contributed by atoms with E-state index in [9.17, 15) is 9.18 Å². The summed E-state index contributed by atoms with van der Waals surface area (Å²) >= 11 is 0. The van der Waals surface area contributed by atoms with Crippen molar-refractivity contribution in [1.82, 2.24) is 15.1 Å². The first kappa shape index (κ1) is 28.2. The van der Waals surface area contributed by atoms with Crippen LogP contribution in [0, 0.1) is 5.92 Å². The highest BCUT2D eigenvalue weighted by atomic mass is 19.1. The van der Waals surface area contributed by atoms with Crippen molar-refractivity contribution in [2.24, 2.45) is 16.1 Å². The second kappa shape index (κ2) is 13.8. The topological polar surface area (TPSA) is 73.4 Å². The van der Waals surface area contributed by atoms with Gasteiger partial charge in [0.25, 0.3) is 5.91 Å². The van der Waals surface area contributed by atoms with Crippen LogP contribution < -0.4 is 5.32 Å². The van der Waals surface area contributed by atoms with Gasteiger partial charge in [0.1, 0.15) is 23.3 Å². The third-order valence-corrected chi connectivity index (χ3v) is 6.51. The number of furan rings is 1. The molecule has 3 aliphatic heterocycles. The van der Waals surface area contributed by atoms with Crippen LogP contribution in [0.4, 0.5) is 4.39 Å². The molecular weight excluding hydrogens is 469 g/mol. The van der Waals surface area contributed by atoms with Crippen LogP contribution in [0.3, 0.4) is 0 Å². The van der Waals surface area contributed by atoms with Gasteiger partial charge in [0.15, 0.2) is 0 Å². The summed E-state index contributed by atoms with van der Waals surface area (Å²) in [7, 11) is 0. The van der Waals surface area contributed by atoms with Crippen LogP contribution in [0.15, 0.2) is 74.8 Å². The molecule has 1 N–H and O–H groups in total. The Kier molecular flexibility index (Phi) is 10.5. The minimum Gasteiger partial charge on any atom is -0.464 e. The fourth-order valence-corrected chi connectivity index (χ4v) is 4.55. The van der Waals surface area contributed by atoms with E-state index >= 15 is 0 Å². The van der Waals surface area contributed by atoms with Crippen molar-refractivity contribution < 1.29 is 13.6 Å². The van der Waals surface area contributed by atoms with Gasteiger partial charge in [-0.05, 0) is 44.2 Å². The maximum absolute atomic E-state index is 13.2. The molecule has 1 aromatic heterocycles. The summed E-state index contributed by atoms with van der Waals surface area (Å²) in [6.07, 6.45) is 7.32. The minimum atomic E-state index is -0.794. The molecule has 1 fully saturated rings. The molecule has 2 aromatic rings. The smallest absolute Gasteiger partial charge is 0.271 e. The van der Waals surface area contributed by atoms with Crippen molar-refractivity contribution in [2.75, 3.05) is 26.2 Å². The number of fused-ring (bicyclic) bond motifs is 1. The van der Waals surface area contributed by atoms with Crippen LogP contribution >= 0.6 is 0 Å². The number of carbonyl (C=O) groups is 1. The van der Waals surface area contributed by atoms with E-state index in [1.807, 2.05) is 73.2 Å². The number of para-hydroxylation sites is 1. The van der Waals surface area contributed by atoms with Crippen molar-refractivity contribution in [3.8, 4) is 0 Å². The maximum atomic E-state index is 13.2. The molecule has 3 aliphatic rings. The lowest BCUT2D eigenvalue weighted by Crippen LogP contribution is -2.54. The van der Waals surface area contributed by atoms with Crippen molar-refractivity contribution in [2.45, 2.75) is 60.1 Å². The Balaban J connectivity index is 0.000000286. The van der Waals surface area contributed by atoms with E-state index in [0.29, 0.717) is 31.9 Å². The van der Waals surface area contributed by atoms with Crippen molar-refractivity contribution in [1.29, 1.82) is 0 Å². The van der Waals surface area contributed by atoms with Gasteiger partial charge >= 0.3 is 0 Å². The van der Waals surface area contributed by atoms with E-state index in [-0.39, 0.29) is 11.8 Å². The molecule has 1 saturated heterocycles. The molecule has 1 atom stereocenters. The molecule has 200 valence electrons. The maximum Gasteiger partial charge on any atom is 0.271 e. The van der Waals surface area contributed by atoms with Crippen LogP contribution in [0.2, 0.25) is 0 Å². The van der Waals surface area contributed by atoms with Crippen molar-refractivity contribution in [3.63, 3.8) is 0 Å². The fraction of sp³-hybridized carbons (Fsp3) is 0.483. The SMILES string of the molecule is C/C=C\NC1=C(C)CN(C(=O)C2=NN=C(N3CC(F)C3)C2CCC)CC1.CC.c1ccc2occc2c1. The molecule has 0 radical (unpaired) electrons. The van der Waals surface area contributed by atoms with E-state index in [1.165, 1.54) is 5.70 Å². The summed E-state index contributed by atoms with van der Waals surface area (Å²) in [5.41, 5.74) is 3.81. The summed E-state index contributed by atoms with van der Waals surface area (Å²) in [6, 6.07) is 9.90. The number of nitrogens with one attached hydrogen (secondary N) is 1. The first-order valence-electron chi connectivity index (χ1n) is 13.3. The Morgan fingerprint density at radius 1 is 1.22 bits per heavy atom. The molecule has 8 heteroatoms. The second-order valence-corrected chi connectivity index (χ2v) is 9.13. The molecule has 37 heavy (non-hydrogen) atoms. The first-order valence-corrected chi connectivity index (χ1v) is 13.3. The Bertz CT molecular complexity index is 1130. The number of benzene rings is 1. The molecule has 0 aliphatic carbocycles. The zero-order chi connectivity index (χ0) is 26.8. The normalized spacial score (nSPS) is 19.6. The van der Waals surface area contributed by atoms with Crippen LogP contribution in [0.1, 0.15) is 53.9 Å². The number of nitrogens with zero attached hydrogens (tertiary/aromatic N) is 4. The fourth-order valence-electron chi connectivity index (χ4n) is 4.55. The minimum absolute atomic E-state index is 0.0380. The molecule has 0 spiro atoms. The van der Waals surface area contributed by atoms with E-state index in [2.05, 4.69) is 29.4 Å². The molecule has 1 amide bonds. The number of rotatable bonds is 5. The molecule has 1 aromatic carbocycles. The van der Waals surface area contributed by atoms with E-state index < -0.39 is 6.17 Å². The Labute approximate surface area is 219 Å². The highest BCUT2D eigenvalue weighted by Gasteiger charge is 2.40. The summed E-state index contributed by atoms with van der Waals surface area (Å²) in [4.78, 5) is 16.8. The quantitative estimate of drug-likeness (QED) is 0.544. The van der Waals surface area contributed by atoms with Crippen LogP contribution in [-0.4, -0.2) is 59.6 Å². The number of amidine groups is 1. The monoisotopic (exact) mass is 509 g/mol. The molecule has 7 nitrogen and oxygen atoms in total. The first-order chi connectivity index (χ1) is 18.0. The van der Waals surface area contributed by atoms with Gasteiger partial charge in [0.2, 0.25) is 0 Å².